The molecule has 4 rings (SSSR count). The molecule has 3 heterocycles. The number of likely N-dealkylation sites (tertiary alicyclic amines) is 1. The van der Waals surface area contributed by atoms with Crippen LogP contribution in [0.4, 0.5) is 0 Å². The molecule has 2 aliphatic heterocycles. The summed E-state index contributed by atoms with van der Waals surface area (Å²) in [5.74, 6) is 0.581. The van der Waals surface area contributed by atoms with Crippen LogP contribution in [0.5, 0.6) is 0 Å². The summed E-state index contributed by atoms with van der Waals surface area (Å²) >= 11 is 0. The van der Waals surface area contributed by atoms with Gasteiger partial charge in [-0.25, -0.2) is 0 Å². The quantitative estimate of drug-likeness (QED) is 0.843. The number of likely N-dealkylation sites (N-methyl/N-ethyl adjacent to an activating group) is 1. The summed E-state index contributed by atoms with van der Waals surface area (Å²) in [4.78, 5) is 16.9. The molecular formula is C20H25N3O3. The molecule has 1 atom stereocenters. The smallest absolute Gasteiger partial charge is 0.259 e. The van der Waals surface area contributed by atoms with Gasteiger partial charge in [-0.05, 0) is 32.9 Å². The molecule has 6 heteroatoms. The number of hydrogen-bond donors (Lipinski definition) is 0. The van der Waals surface area contributed by atoms with E-state index in [9.17, 15) is 4.79 Å². The molecule has 2 saturated heterocycles. The third-order valence-electron chi connectivity index (χ3n) is 5.58. The standard InChI is InChI=1S/C20H25N3O3/c1-14-18(15(2)26-21-14)19(24)23-12-20(13-23)9-17(11-25-20)22(3)10-16-7-5-4-6-8-16/h4-8,17H,9-13H2,1-3H3. The molecule has 1 aromatic heterocycles. The Kier molecular flexibility index (Phi) is 4.32. The van der Waals surface area contributed by atoms with Gasteiger partial charge in [-0.15, -0.1) is 0 Å². The highest BCUT2D eigenvalue weighted by Gasteiger charge is 2.52. The molecule has 6 nitrogen and oxygen atoms in total. The number of aromatic nitrogens is 1. The molecule has 0 bridgehead atoms. The van der Waals surface area contributed by atoms with Crippen molar-refractivity contribution < 1.29 is 14.1 Å². The Balaban J connectivity index is 1.34. The van der Waals surface area contributed by atoms with Gasteiger partial charge >= 0.3 is 0 Å². The fraction of sp³-hybridized carbons (Fsp3) is 0.500. The predicted molar refractivity (Wildman–Crippen MR) is 96.9 cm³/mol. The van der Waals surface area contributed by atoms with Crippen molar-refractivity contribution in [3.05, 3.63) is 52.9 Å². The fourth-order valence-corrected chi connectivity index (χ4v) is 4.06. The highest BCUT2D eigenvalue weighted by atomic mass is 16.5. The summed E-state index contributed by atoms with van der Waals surface area (Å²) in [7, 11) is 2.14. The number of benzene rings is 1. The van der Waals surface area contributed by atoms with Gasteiger partial charge in [0.15, 0.2) is 0 Å². The topological polar surface area (TPSA) is 58.8 Å². The second kappa shape index (κ2) is 6.52. The van der Waals surface area contributed by atoms with Gasteiger partial charge in [0.2, 0.25) is 0 Å². The Labute approximate surface area is 153 Å². The molecule has 138 valence electrons. The molecular weight excluding hydrogens is 330 g/mol. The first-order valence-corrected chi connectivity index (χ1v) is 9.08. The molecule has 26 heavy (non-hydrogen) atoms. The largest absolute Gasteiger partial charge is 0.370 e. The van der Waals surface area contributed by atoms with E-state index in [1.54, 1.807) is 13.8 Å². The van der Waals surface area contributed by atoms with Crippen LogP contribution in [0.25, 0.3) is 0 Å². The number of hydrogen-bond acceptors (Lipinski definition) is 5. The van der Waals surface area contributed by atoms with Crippen molar-refractivity contribution >= 4 is 5.91 Å². The molecule has 1 amide bonds. The van der Waals surface area contributed by atoms with Crippen molar-refractivity contribution in [1.82, 2.24) is 15.0 Å². The summed E-state index contributed by atoms with van der Waals surface area (Å²) in [6, 6.07) is 10.9. The van der Waals surface area contributed by atoms with Gasteiger partial charge < -0.3 is 14.2 Å². The highest BCUT2D eigenvalue weighted by Crippen LogP contribution is 2.38. The Hall–Kier alpha value is -2.18. The van der Waals surface area contributed by atoms with Crippen molar-refractivity contribution in [3.8, 4) is 0 Å². The molecule has 2 aliphatic rings. The van der Waals surface area contributed by atoms with E-state index in [4.69, 9.17) is 9.26 Å². The average molecular weight is 355 g/mol. The van der Waals surface area contributed by atoms with Crippen LogP contribution >= 0.6 is 0 Å². The first-order valence-electron chi connectivity index (χ1n) is 9.08. The Morgan fingerprint density at radius 3 is 2.69 bits per heavy atom. The Bertz CT molecular complexity index is 776. The third kappa shape index (κ3) is 3.04. The maximum Gasteiger partial charge on any atom is 0.259 e. The van der Waals surface area contributed by atoms with Gasteiger partial charge in [0, 0.05) is 12.6 Å². The summed E-state index contributed by atoms with van der Waals surface area (Å²) in [6.45, 7) is 6.50. The van der Waals surface area contributed by atoms with E-state index in [0.29, 0.717) is 36.1 Å². The van der Waals surface area contributed by atoms with Crippen molar-refractivity contribution in [1.29, 1.82) is 0 Å². The lowest BCUT2D eigenvalue weighted by Crippen LogP contribution is -2.63. The van der Waals surface area contributed by atoms with Crippen LogP contribution in [0.15, 0.2) is 34.9 Å². The van der Waals surface area contributed by atoms with Crippen LogP contribution in [0.1, 0.15) is 33.8 Å². The van der Waals surface area contributed by atoms with Crippen LogP contribution in [-0.4, -0.2) is 59.3 Å². The second-order valence-electron chi connectivity index (χ2n) is 7.61. The lowest BCUT2D eigenvalue weighted by Gasteiger charge is -2.47. The molecule has 0 saturated carbocycles. The van der Waals surface area contributed by atoms with Gasteiger partial charge in [0.1, 0.15) is 16.9 Å². The number of amides is 1. The lowest BCUT2D eigenvalue weighted by molar-refractivity contribution is -0.0951. The van der Waals surface area contributed by atoms with Crippen LogP contribution in [0, 0.1) is 13.8 Å². The third-order valence-corrected chi connectivity index (χ3v) is 5.58. The second-order valence-corrected chi connectivity index (χ2v) is 7.61. The van der Waals surface area contributed by atoms with E-state index < -0.39 is 0 Å². The first-order chi connectivity index (χ1) is 12.5. The number of carbonyl (C=O) groups is 1. The van der Waals surface area contributed by atoms with Crippen molar-refractivity contribution in [2.45, 2.75) is 38.5 Å². The first kappa shape index (κ1) is 17.2. The number of carbonyl (C=O) groups excluding carboxylic acids is 1. The summed E-state index contributed by atoms with van der Waals surface area (Å²) in [5.41, 5.74) is 2.36. The zero-order valence-corrected chi connectivity index (χ0v) is 15.6. The Morgan fingerprint density at radius 1 is 1.31 bits per heavy atom. The van der Waals surface area contributed by atoms with Crippen LogP contribution < -0.4 is 0 Å². The molecule has 1 aromatic carbocycles. The van der Waals surface area contributed by atoms with Gasteiger partial charge in [0.25, 0.3) is 5.91 Å². The molecule has 2 aromatic rings. The van der Waals surface area contributed by atoms with Gasteiger partial charge in [-0.2, -0.15) is 0 Å². The van der Waals surface area contributed by atoms with Gasteiger partial charge in [0.05, 0.1) is 25.4 Å². The zero-order valence-electron chi connectivity index (χ0n) is 15.6. The van der Waals surface area contributed by atoms with E-state index in [-0.39, 0.29) is 11.5 Å². The maximum absolute atomic E-state index is 12.7. The number of ether oxygens (including phenoxy) is 1. The average Bonchev–Trinajstić information content (AvgIpc) is 3.18. The van der Waals surface area contributed by atoms with E-state index in [1.807, 2.05) is 11.0 Å². The molecule has 0 N–H and O–H groups in total. The van der Waals surface area contributed by atoms with E-state index in [1.165, 1.54) is 5.56 Å². The SMILES string of the molecule is Cc1noc(C)c1C(=O)N1CC2(CC(N(C)Cc3ccccc3)CO2)C1. The number of rotatable bonds is 4. The number of nitrogens with zero attached hydrogens (tertiary/aromatic N) is 3. The summed E-state index contributed by atoms with van der Waals surface area (Å²) in [6.07, 6.45) is 0.960. The number of aryl methyl sites for hydroxylation is 2. The van der Waals surface area contributed by atoms with Crippen LogP contribution in [0.3, 0.4) is 0 Å². The normalized spacial score (nSPS) is 21.4. The summed E-state index contributed by atoms with van der Waals surface area (Å²) in [5, 5.41) is 3.88. The van der Waals surface area contributed by atoms with Gasteiger partial charge in [-0.1, -0.05) is 35.5 Å². The molecule has 0 aliphatic carbocycles. The minimum absolute atomic E-state index is 0.00318. The predicted octanol–water partition coefficient (Wildman–Crippen LogP) is 2.41. The maximum atomic E-state index is 12.7. The van der Waals surface area contributed by atoms with E-state index >= 15 is 0 Å². The minimum Gasteiger partial charge on any atom is -0.370 e. The zero-order chi connectivity index (χ0) is 18.3. The highest BCUT2D eigenvalue weighted by molar-refractivity contribution is 5.96. The van der Waals surface area contributed by atoms with Crippen LogP contribution in [-0.2, 0) is 11.3 Å². The summed E-state index contributed by atoms with van der Waals surface area (Å²) < 4.78 is 11.3. The fourth-order valence-electron chi connectivity index (χ4n) is 4.06. The molecule has 0 radical (unpaired) electrons. The monoisotopic (exact) mass is 355 g/mol. The van der Waals surface area contributed by atoms with Crippen molar-refractivity contribution in [2.75, 3.05) is 26.7 Å². The van der Waals surface area contributed by atoms with Crippen LogP contribution in [0.2, 0.25) is 0 Å². The minimum atomic E-state index is -0.190. The Morgan fingerprint density at radius 2 is 2.04 bits per heavy atom. The lowest BCUT2D eigenvalue weighted by atomic mass is 9.88. The molecule has 1 spiro atoms. The van der Waals surface area contributed by atoms with Crippen molar-refractivity contribution in [2.24, 2.45) is 0 Å². The molecule has 1 unspecified atom stereocenters. The van der Waals surface area contributed by atoms with E-state index in [2.05, 4.69) is 41.4 Å². The van der Waals surface area contributed by atoms with Gasteiger partial charge in [-0.3, -0.25) is 9.69 Å². The van der Waals surface area contributed by atoms with Crippen molar-refractivity contribution in [3.63, 3.8) is 0 Å². The van der Waals surface area contributed by atoms with E-state index in [0.717, 1.165) is 19.6 Å². The molecule has 2 fully saturated rings.